The van der Waals surface area contributed by atoms with Gasteiger partial charge in [-0.3, -0.25) is 10.1 Å². The van der Waals surface area contributed by atoms with Gasteiger partial charge in [0, 0.05) is 18.4 Å². The Balaban J connectivity index is 2.21. The average molecular weight is 299 g/mol. The van der Waals surface area contributed by atoms with Crippen molar-refractivity contribution in [2.24, 2.45) is 0 Å². The summed E-state index contributed by atoms with van der Waals surface area (Å²) in [6.07, 6.45) is 0. The van der Waals surface area contributed by atoms with Gasteiger partial charge in [0.05, 0.1) is 5.02 Å². The number of benzene rings is 1. The van der Waals surface area contributed by atoms with Crippen molar-refractivity contribution in [3.05, 3.63) is 23.2 Å². The Morgan fingerprint density at radius 1 is 1.53 bits per heavy atom. The quantitative estimate of drug-likeness (QED) is 0.843. The Kier molecular flexibility index (Phi) is 4.31. The number of halogens is 1. The number of hydrogen-bond acceptors (Lipinski definition) is 6. The van der Waals surface area contributed by atoms with Gasteiger partial charge >= 0.3 is 0 Å². The molecular formula is C11H11ClN4O2S. The van der Waals surface area contributed by atoms with E-state index < -0.39 is 0 Å². The van der Waals surface area contributed by atoms with E-state index in [2.05, 4.69) is 15.5 Å². The Morgan fingerprint density at radius 2 is 2.32 bits per heavy atom. The van der Waals surface area contributed by atoms with Gasteiger partial charge in [-0.05, 0) is 18.2 Å². The predicted molar refractivity (Wildman–Crippen MR) is 75.3 cm³/mol. The van der Waals surface area contributed by atoms with Crippen molar-refractivity contribution in [1.82, 2.24) is 10.2 Å². The van der Waals surface area contributed by atoms with Crippen molar-refractivity contribution >= 4 is 39.7 Å². The standard InChI is InChI=1S/C11H11ClN4O2S/c1-18-5-9(17)14-11-16-15-10(19-11)7-4-6(13)2-3-8(7)12/h2-4H,5,13H2,1H3,(H,14,16,17). The zero-order chi connectivity index (χ0) is 13.8. The molecule has 100 valence electrons. The minimum atomic E-state index is -0.288. The molecular weight excluding hydrogens is 288 g/mol. The summed E-state index contributed by atoms with van der Waals surface area (Å²) in [5.41, 5.74) is 6.97. The Bertz CT molecular complexity index is 602. The summed E-state index contributed by atoms with van der Waals surface area (Å²) in [7, 11) is 1.44. The number of amides is 1. The van der Waals surface area contributed by atoms with Gasteiger partial charge in [-0.1, -0.05) is 22.9 Å². The number of aromatic nitrogens is 2. The summed E-state index contributed by atoms with van der Waals surface area (Å²) in [5.74, 6) is -0.288. The first kappa shape index (κ1) is 13.7. The molecule has 1 amide bonds. The second kappa shape index (κ2) is 5.96. The fourth-order valence-corrected chi connectivity index (χ4v) is 2.43. The third-order valence-corrected chi connectivity index (χ3v) is 3.37. The van der Waals surface area contributed by atoms with Gasteiger partial charge in [0.1, 0.15) is 6.61 Å². The van der Waals surface area contributed by atoms with E-state index in [0.29, 0.717) is 26.4 Å². The summed E-state index contributed by atoms with van der Waals surface area (Å²) in [6, 6.07) is 5.11. The molecule has 2 rings (SSSR count). The summed E-state index contributed by atoms with van der Waals surface area (Å²) in [6.45, 7) is -0.0338. The molecule has 0 aliphatic rings. The number of carbonyl (C=O) groups excluding carboxylic acids is 1. The molecule has 3 N–H and O–H groups in total. The van der Waals surface area contributed by atoms with Gasteiger partial charge in [0.2, 0.25) is 5.13 Å². The molecule has 0 unspecified atom stereocenters. The van der Waals surface area contributed by atoms with E-state index in [1.807, 2.05) is 0 Å². The molecule has 19 heavy (non-hydrogen) atoms. The van der Waals surface area contributed by atoms with Crippen molar-refractivity contribution in [3.63, 3.8) is 0 Å². The van der Waals surface area contributed by atoms with Crippen LogP contribution < -0.4 is 11.1 Å². The van der Waals surface area contributed by atoms with Crippen LogP contribution in [-0.2, 0) is 9.53 Å². The number of nitrogen functional groups attached to an aromatic ring is 1. The molecule has 0 bridgehead atoms. The highest BCUT2D eigenvalue weighted by Gasteiger charge is 2.12. The fraction of sp³-hybridized carbons (Fsp3) is 0.182. The lowest BCUT2D eigenvalue weighted by Gasteiger charge is -2.00. The second-order valence-electron chi connectivity index (χ2n) is 3.63. The molecule has 0 radical (unpaired) electrons. The number of hydrogen-bond donors (Lipinski definition) is 2. The molecule has 1 heterocycles. The van der Waals surface area contributed by atoms with Gasteiger partial charge in [-0.2, -0.15) is 0 Å². The number of ether oxygens (including phenoxy) is 1. The number of anilines is 2. The predicted octanol–water partition coefficient (Wildman–Crippen LogP) is 2.03. The molecule has 0 saturated heterocycles. The smallest absolute Gasteiger partial charge is 0.252 e. The van der Waals surface area contributed by atoms with Crippen LogP contribution in [0.3, 0.4) is 0 Å². The number of nitrogens with two attached hydrogens (primary N) is 1. The number of nitrogens with zero attached hydrogens (tertiary/aromatic N) is 2. The van der Waals surface area contributed by atoms with Gasteiger partial charge in [0.15, 0.2) is 5.01 Å². The van der Waals surface area contributed by atoms with Crippen LogP contribution in [0.1, 0.15) is 0 Å². The third-order valence-electron chi connectivity index (χ3n) is 2.17. The lowest BCUT2D eigenvalue weighted by Crippen LogP contribution is -2.16. The summed E-state index contributed by atoms with van der Waals surface area (Å²) >= 11 is 7.28. The van der Waals surface area contributed by atoms with Gasteiger partial charge in [0.25, 0.3) is 5.91 Å². The first-order chi connectivity index (χ1) is 9.10. The molecule has 0 spiro atoms. The van der Waals surface area contributed by atoms with E-state index >= 15 is 0 Å². The zero-order valence-electron chi connectivity index (χ0n) is 10.0. The van der Waals surface area contributed by atoms with E-state index in [0.717, 1.165) is 0 Å². The maximum Gasteiger partial charge on any atom is 0.252 e. The summed E-state index contributed by atoms with van der Waals surface area (Å²) < 4.78 is 4.71. The Morgan fingerprint density at radius 3 is 3.05 bits per heavy atom. The van der Waals surface area contributed by atoms with E-state index in [9.17, 15) is 4.79 Å². The van der Waals surface area contributed by atoms with E-state index in [-0.39, 0.29) is 12.5 Å². The van der Waals surface area contributed by atoms with Gasteiger partial charge in [-0.25, -0.2) is 0 Å². The molecule has 0 saturated carbocycles. The maximum atomic E-state index is 11.3. The van der Waals surface area contributed by atoms with Crippen molar-refractivity contribution in [3.8, 4) is 10.6 Å². The highest BCUT2D eigenvalue weighted by Crippen LogP contribution is 2.33. The highest BCUT2D eigenvalue weighted by molar-refractivity contribution is 7.18. The SMILES string of the molecule is COCC(=O)Nc1nnc(-c2cc(N)ccc2Cl)s1. The molecule has 1 aromatic carbocycles. The van der Waals surface area contributed by atoms with Crippen LogP contribution in [0, 0.1) is 0 Å². The van der Waals surface area contributed by atoms with Crippen LogP contribution in [0.2, 0.25) is 5.02 Å². The second-order valence-corrected chi connectivity index (χ2v) is 5.02. The minimum absolute atomic E-state index is 0.0338. The lowest BCUT2D eigenvalue weighted by molar-refractivity contribution is -0.119. The average Bonchev–Trinajstić information content (AvgIpc) is 2.81. The summed E-state index contributed by atoms with van der Waals surface area (Å²) in [5, 5.41) is 11.9. The fourth-order valence-electron chi connectivity index (χ4n) is 1.38. The summed E-state index contributed by atoms with van der Waals surface area (Å²) in [4.78, 5) is 11.3. The van der Waals surface area contributed by atoms with Crippen molar-refractivity contribution < 1.29 is 9.53 Å². The lowest BCUT2D eigenvalue weighted by atomic mass is 10.2. The number of methoxy groups -OCH3 is 1. The maximum absolute atomic E-state index is 11.3. The van der Waals surface area contributed by atoms with Crippen LogP contribution in [0.4, 0.5) is 10.8 Å². The molecule has 2 aromatic rings. The van der Waals surface area contributed by atoms with Crippen molar-refractivity contribution in [2.45, 2.75) is 0 Å². The first-order valence-corrected chi connectivity index (χ1v) is 6.47. The minimum Gasteiger partial charge on any atom is -0.399 e. The Hall–Kier alpha value is -1.70. The largest absolute Gasteiger partial charge is 0.399 e. The van der Waals surface area contributed by atoms with E-state index in [1.54, 1.807) is 18.2 Å². The van der Waals surface area contributed by atoms with Gasteiger partial charge < -0.3 is 10.5 Å². The van der Waals surface area contributed by atoms with Crippen LogP contribution in [-0.4, -0.2) is 29.8 Å². The molecule has 0 fully saturated rings. The van der Waals surface area contributed by atoms with Gasteiger partial charge in [-0.15, -0.1) is 10.2 Å². The van der Waals surface area contributed by atoms with Crippen molar-refractivity contribution in [2.75, 3.05) is 24.8 Å². The Labute approximate surface area is 118 Å². The number of carbonyl (C=O) groups is 1. The molecule has 0 aliphatic heterocycles. The van der Waals surface area contributed by atoms with Crippen LogP contribution >= 0.6 is 22.9 Å². The topological polar surface area (TPSA) is 90.1 Å². The molecule has 0 aliphatic carbocycles. The zero-order valence-corrected chi connectivity index (χ0v) is 11.6. The third kappa shape index (κ3) is 3.40. The number of rotatable bonds is 4. The highest BCUT2D eigenvalue weighted by atomic mass is 35.5. The van der Waals surface area contributed by atoms with Crippen LogP contribution in [0.5, 0.6) is 0 Å². The van der Waals surface area contributed by atoms with Crippen LogP contribution in [0.15, 0.2) is 18.2 Å². The normalized spacial score (nSPS) is 10.4. The molecule has 6 nitrogen and oxygen atoms in total. The van der Waals surface area contributed by atoms with Crippen LogP contribution in [0.25, 0.3) is 10.6 Å². The van der Waals surface area contributed by atoms with E-state index in [1.165, 1.54) is 18.4 Å². The molecule has 0 atom stereocenters. The molecule has 8 heteroatoms. The number of nitrogens with one attached hydrogen (secondary N) is 1. The molecule has 1 aromatic heterocycles. The monoisotopic (exact) mass is 298 g/mol. The first-order valence-electron chi connectivity index (χ1n) is 5.28. The van der Waals surface area contributed by atoms with Crippen molar-refractivity contribution in [1.29, 1.82) is 0 Å². The van der Waals surface area contributed by atoms with E-state index in [4.69, 9.17) is 22.1 Å².